The average molecular weight is 365 g/mol. The second-order valence-electron chi connectivity index (χ2n) is 5.81. The molecule has 0 saturated carbocycles. The zero-order valence-corrected chi connectivity index (χ0v) is 14.8. The molecular weight excluding hydrogens is 346 g/mol. The maximum Gasteiger partial charge on any atom is 0.374 e. The van der Waals surface area contributed by atoms with E-state index in [0.29, 0.717) is 17.2 Å². The molecule has 1 aromatic heterocycles. The van der Waals surface area contributed by atoms with Gasteiger partial charge in [0.25, 0.3) is 5.91 Å². The van der Waals surface area contributed by atoms with Gasteiger partial charge in [-0.05, 0) is 42.8 Å². The summed E-state index contributed by atoms with van der Waals surface area (Å²) in [6.45, 7) is 1.66. The molecule has 0 fully saturated rings. The van der Waals surface area contributed by atoms with Gasteiger partial charge in [-0.3, -0.25) is 4.79 Å². The molecule has 0 aliphatic rings. The van der Waals surface area contributed by atoms with Crippen LogP contribution in [-0.2, 0) is 16.1 Å². The maximum absolute atomic E-state index is 12.0. The molecule has 6 heteroatoms. The van der Waals surface area contributed by atoms with Gasteiger partial charge in [0.1, 0.15) is 18.1 Å². The van der Waals surface area contributed by atoms with E-state index in [0.717, 1.165) is 5.56 Å². The minimum atomic E-state index is -0.708. The van der Waals surface area contributed by atoms with Crippen LogP contribution < -0.4 is 10.1 Å². The quantitative estimate of drug-likeness (QED) is 0.641. The van der Waals surface area contributed by atoms with Crippen LogP contribution in [-0.4, -0.2) is 18.5 Å². The molecule has 3 rings (SSSR count). The number of ether oxygens (including phenoxy) is 2. The fourth-order valence-corrected chi connectivity index (χ4v) is 2.34. The molecule has 0 bridgehead atoms. The molecule has 0 unspecified atom stereocenters. The van der Waals surface area contributed by atoms with Crippen molar-refractivity contribution in [1.29, 1.82) is 0 Å². The van der Waals surface area contributed by atoms with E-state index in [4.69, 9.17) is 13.9 Å². The number of nitrogens with one attached hydrogen (secondary N) is 1. The van der Waals surface area contributed by atoms with Crippen LogP contribution in [0.5, 0.6) is 5.75 Å². The lowest BCUT2D eigenvalue weighted by Crippen LogP contribution is -2.21. The number of hydrogen-bond acceptors (Lipinski definition) is 5. The van der Waals surface area contributed by atoms with Crippen LogP contribution in [0, 0.1) is 6.92 Å². The molecule has 27 heavy (non-hydrogen) atoms. The number of hydrogen-bond donors (Lipinski definition) is 1. The van der Waals surface area contributed by atoms with Gasteiger partial charge in [0.05, 0.1) is 0 Å². The van der Waals surface area contributed by atoms with Crippen molar-refractivity contribution in [3.8, 4) is 5.75 Å². The Morgan fingerprint density at radius 3 is 2.48 bits per heavy atom. The number of amides is 1. The van der Waals surface area contributed by atoms with Crippen molar-refractivity contribution in [2.75, 3.05) is 11.9 Å². The van der Waals surface area contributed by atoms with Crippen LogP contribution in [0.25, 0.3) is 0 Å². The van der Waals surface area contributed by atoms with E-state index in [-0.39, 0.29) is 12.4 Å². The van der Waals surface area contributed by atoms with Crippen LogP contribution >= 0.6 is 0 Å². The first-order valence-electron chi connectivity index (χ1n) is 8.41. The van der Waals surface area contributed by atoms with Gasteiger partial charge in [0.2, 0.25) is 5.76 Å². The minimum Gasteiger partial charge on any atom is -0.486 e. The van der Waals surface area contributed by atoms with Gasteiger partial charge in [-0.15, -0.1) is 0 Å². The predicted molar refractivity (Wildman–Crippen MR) is 99.6 cm³/mol. The van der Waals surface area contributed by atoms with E-state index in [1.54, 1.807) is 12.1 Å². The number of rotatable bonds is 7. The Hall–Kier alpha value is -3.54. The van der Waals surface area contributed by atoms with Crippen molar-refractivity contribution >= 4 is 17.6 Å². The number of benzene rings is 2. The zero-order valence-electron chi connectivity index (χ0n) is 14.8. The molecule has 1 heterocycles. The Balaban J connectivity index is 1.47. The highest BCUT2D eigenvalue weighted by Crippen LogP contribution is 2.15. The van der Waals surface area contributed by atoms with Crippen LogP contribution in [0.3, 0.4) is 0 Å². The molecule has 3 aromatic rings. The summed E-state index contributed by atoms with van der Waals surface area (Å²) in [6, 6.07) is 19.7. The smallest absolute Gasteiger partial charge is 0.374 e. The summed E-state index contributed by atoms with van der Waals surface area (Å²) in [5.74, 6) is 0.0733. The molecule has 0 atom stereocenters. The van der Waals surface area contributed by atoms with Crippen molar-refractivity contribution in [1.82, 2.24) is 0 Å². The van der Waals surface area contributed by atoms with Crippen molar-refractivity contribution in [2.24, 2.45) is 0 Å². The summed E-state index contributed by atoms with van der Waals surface area (Å²) in [5, 5.41) is 2.69. The first kappa shape index (κ1) is 18.3. The number of aryl methyl sites for hydroxylation is 1. The third kappa shape index (κ3) is 5.22. The van der Waals surface area contributed by atoms with Crippen LogP contribution in [0.4, 0.5) is 5.69 Å². The topological polar surface area (TPSA) is 77.8 Å². The van der Waals surface area contributed by atoms with E-state index in [2.05, 4.69) is 5.32 Å². The first-order valence-corrected chi connectivity index (χ1v) is 8.41. The average Bonchev–Trinajstić information content (AvgIpc) is 3.16. The lowest BCUT2D eigenvalue weighted by atomic mass is 10.2. The van der Waals surface area contributed by atoms with Crippen molar-refractivity contribution in [3.05, 3.63) is 83.8 Å². The molecule has 138 valence electrons. The number of para-hydroxylation sites is 2. The molecule has 0 spiro atoms. The van der Waals surface area contributed by atoms with E-state index in [1.807, 2.05) is 55.5 Å². The molecule has 6 nitrogen and oxygen atoms in total. The molecule has 0 saturated heterocycles. The van der Waals surface area contributed by atoms with Gasteiger partial charge in [-0.25, -0.2) is 4.79 Å². The Morgan fingerprint density at radius 2 is 1.70 bits per heavy atom. The highest BCUT2D eigenvalue weighted by molar-refractivity contribution is 5.95. The third-order valence-electron chi connectivity index (χ3n) is 3.74. The Kier molecular flexibility index (Phi) is 5.89. The molecule has 0 aliphatic heterocycles. The third-order valence-corrected chi connectivity index (χ3v) is 3.74. The summed E-state index contributed by atoms with van der Waals surface area (Å²) >= 11 is 0. The van der Waals surface area contributed by atoms with Gasteiger partial charge in [0.15, 0.2) is 6.61 Å². The largest absolute Gasteiger partial charge is 0.486 e. The minimum absolute atomic E-state index is 0.0188. The monoisotopic (exact) mass is 365 g/mol. The van der Waals surface area contributed by atoms with Crippen LogP contribution in [0.1, 0.15) is 21.9 Å². The van der Waals surface area contributed by atoms with E-state index in [9.17, 15) is 9.59 Å². The lowest BCUT2D eigenvalue weighted by molar-refractivity contribution is -0.119. The molecule has 1 amide bonds. The molecular formula is C21H19NO5. The van der Waals surface area contributed by atoms with Gasteiger partial charge in [-0.2, -0.15) is 0 Å². The predicted octanol–water partition coefficient (Wildman–Crippen LogP) is 3.96. The summed E-state index contributed by atoms with van der Waals surface area (Å²) in [6.07, 6.45) is 0. The maximum atomic E-state index is 12.0. The van der Waals surface area contributed by atoms with E-state index >= 15 is 0 Å². The van der Waals surface area contributed by atoms with Crippen molar-refractivity contribution in [2.45, 2.75) is 13.5 Å². The fraction of sp³-hybridized carbons (Fsp3) is 0.143. The summed E-state index contributed by atoms with van der Waals surface area (Å²) in [4.78, 5) is 23.9. The fourth-order valence-electron chi connectivity index (χ4n) is 2.34. The summed E-state index contributed by atoms with van der Waals surface area (Å²) in [5.41, 5.74) is 1.60. The Bertz CT molecular complexity index is 917. The molecule has 2 aromatic carbocycles. The van der Waals surface area contributed by atoms with Crippen molar-refractivity contribution < 1.29 is 23.5 Å². The van der Waals surface area contributed by atoms with E-state index in [1.165, 1.54) is 6.07 Å². The number of carbonyl (C=O) groups excluding carboxylic acids is 2. The van der Waals surface area contributed by atoms with Gasteiger partial charge in [-0.1, -0.05) is 36.4 Å². The van der Waals surface area contributed by atoms with E-state index < -0.39 is 18.5 Å². The number of furan rings is 1. The molecule has 1 N–H and O–H groups in total. The van der Waals surface area contributed by atoms with Crippen LogP contribution in [0.2, 0.25) is 0 Å². The number of carbonyl (C=O) groups is 2. The van der Waals surface area contributed by atoms with Gasteiger partial charge >= 0.3 is 5.97 Å². The van der Waals surface area contributed by atoms with Crippen LogP contribution in [0.15, 0.2) is 71.1 Å². The summed E-state index contributed by atoms with van der Waals surface area (Å²) < 4.78 is 15.9. The highest BCUT2D eigenvalue weighted by Gasteiger charge is 2.15. The molecule has 0 aliphatic carbocycles. The standard InChI is InChI=1S/C21H19NO5/c1-15-7-5-6-10-18(15)22-20(23)14-26-21(24)19-12-11-17(27-19)13-25-16-8-3-2-4-9-16/h2-12H,13-14H2,1H3,(H,22,23). The second kappa shape index (κ2) is 8.71. The normalized spacial score (nSPS) is 10.3. The summed E-state index contributed by atoms with van der Waals surface area (Å²) in [7, 11) is 0. The Morgan fingerprint density at radius 1 is 0.963 bits per heavy atom. The van der Waals surface area contributed by atoms with Gasteiger partial charge in [0, 0.05) is 5.69 Å². The Labute approximate surface area is 156 Å². The number of esters is 1. The van der Waals surface area contributed by atoms with Crippen molar-refractivity contribution in [3.63, 3.8) is 0 Å². The highest BCUT2D eigenvalue weighted by atomic mass is 16.6. The second-order valence-corrected chi connectivity index (χ2v) is 5.81. The molecule has 0 radical (unpaired) electrons. The van der Waals surface area contributed by atoms with Gasteiger partial charge < -0.3 is 19.2 Å². The lowest BCUT2D eigenvalue weighted by Gasteiger charge is -2.08. The zero-order chi connectivity index (χ0) is 19.1. The number of anilines is 1. The first-order chi connectivity index (χ1) is 13.1. The SMILES string of the molecule is Cc1ccccc1NC(=O)COC(=O)c1ccc(COc2ccccc2)o1.